The lowest BCUT2D eigenvalue weighted by molar-refractivity contribution is -0.137. The van der Waals surface area contributed by atoms with E-state index in [2.05, 4.69) is 11.8 Å². The number of hydrogen-bond acceptors (Lipinski definition) is 1. The minimum Gasteiger partial charge on any atom is -0.481 e. The minimum atomic E-state index is -0.746. The average Bonchev–Trinajstić information content (AvgIpc) is 1.55. The molecule has 0 aliphatic heterocycles. The van der Waals surface area contributed by atoms with E-state index in [0.29, 0.717) is 0 Å². The smallest absolute Gasteiger partial charge is 0.304 e. The van der Waals surface area contributed by atoms with Gasteiger partial charge in [0.1, 0.15) is 0 Å². The molecular formula is C6H6O2. The molecule has 1 N–H and O–H groups in total. The van der Waals surface area contributed by atoms with Crippen LogP contribution in [0.4, 0.5) is 0 Å². The molecule has 1 atom stereocenters. The number of aliphatic carboxylic acids is 1. The van der Waals surface area contributed by atoms with Crippen molar-refractivity contribution in [3.63, 3.8) is 0 Å². The highest BCUT2D eigenvalue weighted by atomic mass is 16.4. The Hall–Kier alpha value is -0.970. The van der Waals surface area contributed by atoms with Gasteiger partial charge in [0, 0.05) is 12.3 Å². The SMILES string of the molecule is O=C(O)CC1C#CC1. The quantitative estimate of drug-likeness (QED) is 0.525. The van der Waals surface area contributed by atoms with Crippen molar-refractivity contribution in [2.24, 2.45) is 5.92 Å². The zero-order valence-electron chi connectivity index (χ0n) is 4.35. The third-order valence-corrected chi connectivity index (χ3v) is 1.08. The summed E-state index contributed by atoms with van der Waals surface area (Å²) >= 11 is 0. The molecule has 1 aliphatic rings. The Bertz CT molecular complexity index is 161. The first-order chi connectivity index (χ1) is 3.79. The van der Waals surface area contributed by atoms with E-state index >= 15 is 0 Å². The monoisotopic (exact) mass is 110 g/mol. The predicted molar refractivity (Wildman–Crippen MR) is 28.1 cm³/mol. The first-order valence-corrected chi connectivity index (χ1v) is 2.49. The maximum Gasteiger partial charge on any atom is 0.304 e. The Labute approximate surface area is 47.5 Å². The number of carboxylic acids is 1. The Morgan fingerprint density at radius 2 is 2.50 bits per heavy atom. The second kappa shape index (κ2) is 1.87. The van der Waals surface area contributed by atoms with Crippen LogP contribution in [-0.4, -0.2) is 11.1 Å². The summed E-state index contributed by atoms with van der Waals surface area (Å²) in [5.74, 6) is 4.90. The van der Waals surface area contributed by atoms with Gasteiger partial charge in [-0.1, -0.05) is 5.92 Å². The summed E-state index contributed by atoms with van der Waals surface area (Å²) < 4.78 is 0. The van der Waals surface area contributed by atoms with E-state index in [9.17, 15) is 4.79 Å². The van der Waals surface area contributed by atoms with Gasteiger partial charge in [0.15, 0.2) is 0 Å². The summed E-state index contributed by atoms with van der Waals surface area (Å²) in [6.07, 6.45) is 0.985. The molecule has 8 heavy (non-hydrogen) atoms. The van der Waals surface area contributed by atoms with Crippen LogP contribution in [0.1, 0.15) is 12.8 Å². The topological polar surface area (TPSA) is 37.3 Å². The number of carbonyl (C=O) groups is 1. The fourth-order valence-electron chi connectivity index (χ4n) is 0.580. The third-order valence-electron chi connectivity index (χ3n) is 1.08. The summed E-state index contributed by atoms with van der Waals surface area (Å²) in [4.78, 5) is 9.93. The van der Waals surface area contributed by atoms with Crippen molar-refractivity contribution >= 4 is 5.97 Å². The lowest BCUT2D eigenvalue weighted by Crippen LogP contribution is -2.09. The Morgan fingerprint density at radius 1 is 1.88 bits per heavy atom. The van der Waals surface area contributed by atoms with Crippen LogP contribution in [0.3, 0.4) is 0 Å². The highest BCUT2D eigenvalue weighted by Crippen LogP contribution is 2.12. The van der Waals surface area contributed by atoms with E-state index in [1.165, 1.54) is 0 Å². The molecular weight excluding hydrogens is 104 g/mol. The van der Waals surface area contributed by atoms with Gasteiger partial charge in [-0.2, -0.15) is 0 Å². The normalized spacial score (nSPS) is 22.8. The summed E-state index contributed by atoms with van der Waals surface area (Å²) in [5.41, 5.74) is 0. The fraction of sp³-hybridized carbons (Fsp3) is 0.500. The molecule has 0 saturated heterocycles. The van der Waals surface area contributed by atoms with Crippen molar-refractivity contribution in [1.82, 2.24) is 0 Å². The van der Waals surface area contributed by atoms with Crippen molar-refractivity contribution in [3.8, 4) is 11.8 Å². The Balaban J connectivity index is 2.25. The van der Waals surface area contributed by atoms with Gasteiger partial charge >= 0.3 is 5.97 Å². The number of carboxylic acid groups (broad SMARTS) is 1. The lowest BCUT2D eigenvalue weighted by atomic mass is 9.96. The van der Waals surface area contributed by atoms with Gasteiger partial charge in [-0.15, -0.1) is 5.92 Å². The summed E-state index contributed by atoms with van der Waals surface area (Å²) in [6, 6.07) is 0. The molecule has 2 nitrogen and oxygen atoms in total. The second-order valence-electron chi connectivity index (χ2n) is 1.82. The maximum atomic E-state index is 9.93. The predicted octanol–water partition coefficient (Wildman–Crippen LogP) is 0.484. The zero-order chi connectivity index (χ0) is 5.98. The average molecular weight is 110 g/mol. The van der Waals surface area contributed by atoms with Gasteiger partial charge in [-0.3, -0.25) is 4.79 Å². The van der Waals surface area contributed by atoms with Gasteiger partial charge in [0.25, 0.3) is 0 Å². The van der Waals surface area contributed by atoms with Crippen LogP contribution in [0.25, 0.3) is 0 Å². The molecule has 0 aromatic rings. The number of rotatable bonds is 2. The first-order valence-electron chi connectivity index (χ1n) is 2.49. The van der Waals surface area contributed by atoms with Crippen LogP contribution in [0.2, 0.25) is 0 Å². The molecule has 0 fully saturated rings. The van der Waals surface area contributed by atoms with E-state index in [0.717, 1.165) is 6.42 Å². The lowest BCUT2D eigenvalue weighted by Gasteiger charge is -2.07. The van der Waals surface area contributed by atoms with E-state index < -0.39 is 5.97 Å². The minimum absolute atomic E-state index is 0.146. The van der Waals surface area contributed by atoms with Crippen LogP contribution >= 0.6 is 0 Å². The Kier molecular flexibility index (Phi) is 1.21. The standard InChI is InChI=1S/C6H6O2/c7-6(8)4-5-2-1-3-5/h5H,2,4H2,(H,7,8). The van der Waals surface area contributed by atoms with Crippen molar-refractivity contribution < 1.29 is 9.90 Å². The van der Waals surface area contributed by atoms with Crippen molar-refractivity contribution in [3.05, 3.63) is 0 Å². The summed E-state index contributed by atoms with van der Waals surface area (Å²) in [7, 11) is 0. The fourth-order valence-corrected chi connectivity index (χ4v) is 0.580. The first kappa shape index (κ1) is 5.17. The molecule has 0 radical (unpaired) electrons. The summed E-state index contributed by atoms with van der Waals surface area (Å²) in [5, 5.41) is 8.18. The van der Waals surface area contributed by atoms with Gasteiger partial charge in [0.05, 0.1) is 6.42 Å². The molecule has 0 saturated carbocycles. The third kappa shape index (κ3) is 1.00. The molecule has 1 unspecified atom stereocenters. The van der Waals surface area contributed by atoms with Crippen molar-refractivity contribution in [2.45, 2.75) is 12.8 Å². The molecule has 0 spiro atoms. The van der Waals surface area contributed by atoms with E-state index in [1.807, 2.05) is 0 Å². The molecule has 42 valence electrons. The maximum absolute atomic E-state index is 9.93. The van der Waals surface area contributed by atoms with Crippen molar-refractivity contribution in [1.29, 1.82) is 0 Å². The zero-order valence-corrected chi connectivity index (χ0v) is 4.35. The highest BCUT2D eigenvalue weighted by Gasteiger charge is 2.12. The second-order valence-corrected chi connectivity index (χ2v) is 1.82. The van der Waals surface area contributed by atoms with E-state index in [4.69, 9.17) is 5.11 Å². The Morgan fingerprint density at radius 3 is 2.62 bits per heavy atom. The van der Waals surface area contributed by atoms with Crippen LogP contribution in [0.5, 0.6) is 0 Å². The van der Waals surface area contributed by atoms with Gasteiger partial charge < -0.3 is 5.11 Å². The van der Waals surface area contributed by atoms with Gasteiger partial charge in [-0.05, 0) is 0 Å². The van der Waals surface area contributed by atoms with Crippen LogP contribution in [0.15, 0.2) is 0 Å². The van der Waals surface area contributed by atoms with Crippen LogP contribution in [-0.2, 0) is 4.79 Å². The van der Waals surface area contributed by atoms with E-state index in [1.54, 1.807) is 0 Å². The molecule has 0 heterocycles. The molecule has 0 amide bonds. The molecule has 2 heteroatoms. The summed E-state index contributed by atoms with van der Waals surface area (Å²) in [6.45, 7) is 0. The molecule has 1 rings (SSSR count). The van der Waals surface area contributed by atoms with Crippen molar-refractivity contribution in [2.75, 3.05) is 0 Å². The molecule has 1 aliphatic carbocycles. The van der Waals surface area contributed by atoms with E-state index in [-0.39, 0.29) is 12.3 Å². The molecule has 0 aromatic carbocycles. The van der Waals surface area contributed by atoms with Crippen LogP contribution < -0.4 is 0 Å². The molecule has 0 bridgehead atoms. The van der Waals surface area contributed by atoms with Gasteiger partial charge in [0.2, 0.25) is 0 Å². The van der Waals surface area contributed by atoms with Crippen LogP contribution in [0, 0.1) is 17.8 Å². The molecule has 0 aromatic heterocycles. The van der Waals surface area contributed by atoms with Gasteiger partial charge in [-0.25, -0.2) is 0 Å². The largest absolute Gasteiger partial charge is 0.481 e. The highest BCUT2D eigenvalue weighted by molar-refractivity contribution is 5.68. The number of hydrogen-bond donors (Lipinski definition) is 1.